The molecule has 30 heavy (non-hydrogen) atoms. The van der Waals surface area contributed by atoms with Crippen LogP contribution in [0.1, 0.15) is 18.3 Å². The van der Waals surface area contributed by atoms with Crippen molar-refractivity contribution < 1.29 is 18.7 Å². The van der Waals surface area contributed by atoms with E-state index in [1.165, 1.54) is 40.7 Å². The first-order valence-corrected chi connectivity index (χ1v) is 10.00. The number of rotatable bonds is 9. The minimum atomic E-state index is -0.447. The maximum Gasteiger partial charge on any atom is 0.233 e. The molecule has 1 amide bonds. The number of aromatic nitrogens is 3. The number of hydrogen-bond acceptors (Lipinski definition) is 7. The summed E-state index contributed by atoms with van der Waals surface area (Å²) in [5.41, 5.74) is 0.882. The molecule has 1 unspecified atom stereocenters. The third kappa shape index (κ3) is 5.41. The van der Waals surface area contributed by atoms with E-state index in [-0.39, 0.29) is 18.3 Å². The van der Waals surface area contributed by atoms with Gasteiger partial charge in [0.1, 0.15) is 23.9 Å². The van der Waals surface area contributed by atoms with Crippen LogP contribution < -0.4 is 20.6 Å². The Morgan fingerprint density at radius 1 is 1.23 bits per heavy atom. The largest absolute Gasteiger partial charge is 0.496 e. The number of benzene rings is 2. The van der Waals surface area contributed by atoms with E-state index < -0.39 is 5.25 Å². The zero-order valence-electron chi connectivity index (χ0n) is 16.5. The van der Waals surface area contributed by atoms with Gasteiger partial charge in [-0.25, -0.2) is 9.07 Å². The van der Waals surface area contributed by atoms with Crippen LogP contribution in [0.15, 0.2) is 53.7 Å². The molecule has 1 heterocycles. The number of carbonyl (C=O) groups is 1. The van der Waals surface area contributed by atoms with E-state index in [4.69, 9.17) is 15.3 Å². The summed E-state index contributed by atoms with van der Waals surface area (Å²) < 4.78 is 25.0. The minimum Gasteiger partial charge on any atom is -0.496 e. The number of halogens is 1. The van der Waals surface area contributed by atoms with Crippen molar-refractivity contribution in [3.63, 3.8) is 0 Å². The second-order valence-corrected chi connectivity index (χ2v) is 7.61. The van der Waals surface area contributed by atoms with Gasteiger partial charge in [-0.05, 0) is 37.3 Å². The van der Waals surface area contributed by atoms with Crippen molar-refractivity contribution in [2.75, 3.05) is 13.0 Å². The fourth-order valence-corrected chi connectivity index (χ4v) is 3.36. The van der Waals surface area contributed by atoms with Gasteiger partial charge < -0.3 is 20.6 Å². The molecular formula is C20H22FN5O3S. The Balaban J connectivity index is 1.54. The summed E-state index contributed by atoms with van der Waals surface area (Å²) in [5, 5.41) is 10.8. The Kier molecular flexibility index (Phi) is 7.12. The van der Waals surface area contributed by atoms with Crippen molar-refractivity contribution in [2.45, 2.75) is 30.5 Å². The van der Waals surface area contributed by atoms with Crippen LogP contribution in [0.3, 0.4) is 0 Å². The Hall–Kier alpha value is -3.27. The predicted octanol–water partition coefficient (Wildman–Crippen LogP) is 2.52. The highest BCUT2D eigenvalue weighted by molar-refractivity contribution is 8.00. The Morgan fingerprint density at radius 2 is 1.97 bits per heavy atom. The summed E-state index contributed by atoms with van der Waals surface area (Å²) in [6.07, 6.45) is 0. The average molecular weight is 431 g/mol. The normalized spacial score (nSPS) is 11.7. The molecule has 1 aromatic heterocycles. The number of carbonyl (C=O) groups excluding carboxylic acids is 1. The molecule has 8 nitrogen and oxygen atoms in total. The van der Waals surface area contributed by atoms with E-state index in [2.05, 4.69) is 15.5 Å². The second kappa shape index (κ2) is 9.97. The zero-order chi connectivity index (χ0) is 21.5. The van der Waals surface area contributed by atoms with Gasteiger partial charge in [-0.2, -0.15) is 0 Å². The van der Waals surface area contributed by atoms with Gasteiger partial charge in [-0.3, -0.25) is 4.79 Å². The lowest BCUT2D eigenvalue weighted by Crippen LogP contribution is -2.31. The summed E-state index contributed by atoms with van der Waals surface area (Å²) in [6, 6.07) is 13.1. The Bertz CT molecular complexity index is 996. The highest BCUT2D eigenvalue weighted by Crippen LogP contribution is 2.22. The number of thioether (sulfide) groups is 1. The van der Waals surface area contributed by atoms with Crippen LogP contribution in [0, 0.1) is 5.82 Å². The number of nitrogen functional groups attached to an aromatic ring is 1. The number of para-hydroxylation sites is 1. The van der Waals surface area contributed by atoms with Gasteiger partial charge in [0.05, 0.1) is 12.4 Å². The molecule has 1 atom stereocenters. The molecule has 158 valence electrons. The molecule has 3 N–H and O–H groups in total. The van der Waals surface area contributed by atoms with E-state index in [1.807, 2.05) is 24.3 Å². The van der Waals surface area contributed by atoms with Gasteiger partial charge in [-0.15, -0.1) is 10.2 Å². The van der Waals surface area contributed by atoms with Crippen LogP contribution in [-0.2, 0) is 17.9 Å². The number of nitrogens with one attached hydrogen (secondary N) is 1. The highest BCUT2D eigenvalue weighted by atomic mass is 32.2. The van der Waals surface area contributed by atoms with Crippen LogP contribution in [0.25, 0.3) is 0 Å². The molecular weight excluding hydrogens is 409 g/mol. The molecule has 0 saturated carbocycles. The average Bonchev–Trinajstić information content (AvgIpc) is 3.11. The smallest absolute Gasteiger partial charge is 0.233 e. The lowest BCUT2D eigenvalue weighted by Gasteiger charge is -2.13. The molecule has 2 aromatic carbocycles. The molecule has 3 aromatic rings. The lowest BCUT2D eigenvalue weighted by molar-refractivity contribution is -0.120. The third-order valence-electron chi connectivity index (χ3n) is 4.21. The van der Waals surface area contributed by atoms with E-state index in [0.29, 0.717) is 29.0 Å². The van der Waals surface area contributed by atoms with E-state index in [1.54, 1.807) is 14.0 Å². The number of ether oxygens (including phenoxy) is 2. The SMILES string of the molecule is COc1ccccc1CNC(=O)C(C)Sc1nnc(COc2ccc(F)cc2)n1N. The molecule has 10 heteroatoms. The fourth-order valence-electron chi connectivity index (χ4n) is 2.55. The highest BCUT2D eigenvalue weighted by Gasteiger charge is 2.19. The first-order valence-electron chi connectivity index (χ1n) is 9.12. The van der Waals surface area contributed by atoms with Crippen LogP contribution in [-0.4, -0.2) is 33.1 Å². The van der Waals surface area contributed by atoms with Crippen molar-refractivity contribution in [1.29, 1.82) is 0 Å². The van der Waals surface area contributed by atoms with E-state index in [0.717, 1.165) is 5.56 Å². The second-order valence-electron chi connectivity index (χ2n) is 6.30. The van der Waals surface area contributed by atoms with Crippen LogP contribution in [0.2, 0.25) is 0 Å². The number of amides is 1. The summed E-state index contributed by atoms with van der Waals surface area (Å²) in [5.74, 6) is 7.09. The number of nitrogens with zero attached hydrogens (tertiary/aromatic N) is 3. The van der Waals surface area contributed by atoms with Gasteiger partial charge in [0.25, 0.3) is 0 Å². The van der Waals surface area contributed by atoms with Gasteiger partial charge in [0.2, 0.25) is 11.1 Å². The summed E-state index contributed by atoms with van der Waals surface area (Å²) in [7, 11) is 1.59. The van der Waals surface area contributed by atoms with E-state index in [9.17, 15) is 9.18 Å². The minimum absolute atomic E-state index is 0.0596. The topological polar surface area (TPSA) is 104 Å². The van der Waals surface area contributed by atoms with Crippen molar-refractivity contribution in [2.24, 2.45) is 0 Å². The van der Waals surface area contributed by atoms with E-state index >= 15 is 0 Å². The maximum absolute atomic E-state index is 12.9. The monoisotopic (exact) mass is 431 g/mol. The van der Waals surface area contributed by atoms with Gasteiger partial charge in [0.15, 0.2) is 5.82 Å². The van der Waals surface area contributed by atoms with Gasteiger partial charge in [-0.1, -0.05) is 30.0 Å². The van der Waals surface area contributed by atoms with Crippen molar-refractivity contribution in [1.82, 2.24) is 20.2 Å². The fraction of sp³-hybridized carbons (Fsp3) is 0.250. The first kappa shape index (κ1) is 21.4. The van der Waals surface area contributed by atoms with Gasteiger partial charge >= 0.3 is 0 Å². The van der Waals surface area contributed by atoms with Crippen LogP contribution >= 0.6 is 11.8 Å². The maximum atomic E-state index is 12.9. The number of methoxy groups -OCH3 is 1. The molecule has 0 aliphatic carbocycles. The Morgan fingerprint density at radius 3 is 2.70 bits per heavy atom. The predicted molar refractivity (Wildman–Crippen MR) is 111 cm³/mol. The molecule has 0 fully saturated rings. The molecule has 0 spiro atoms. The van der Waals surface area contributed by atoms with Crippen molar-refractivity contribution in [3.8, 4) is 11.5 Å². The third-order valence-corrected chi connectivity index (χ3v) is 5.27. The molecule has 0 aliphatic heterocycles. The van der Waals surface area contributed by atoms with Crippen molar-refractivity contribution >= 4 is 17.7 Å². The summed E-state index contributed by atoms with van der Waals surface area (Å²) >= 11 is 1.18. The number of nitrogens with two attached hydrogens (primary N) is 1. The molecule has 3 rings (SSSR count). The van der Waals surface area contributed by atoms with Crippen LogP contribution in [0.4, 0.5) is 4.39 Å². The Labute approximate surface area is 177 Å². The summed E-state index contributed by atoms with van der Waals surface area (Å²) in [6.45, 7) is 2.16. The summed E-state index contributed by atoms with van der Waals surface area (Å²) in [4.78, 5) is 12.5. The van der Waals surface area contributed by atoms with Crippen LogP contribution in [0.5, 0.6) is 11.5 Å². The lowest BCUT2D eigenvalue weighted by atomic mass is 10.2. The van der Waals surface area contributed by atoms with Gasteiger partial charge in [0, 0.05) is 12.1 Å². The molecule has 0 saturated heterocycles. The zero-order valence-corrected chi connectivity index (χ0v) is 17.4. The molecule has 0 radical (unpaired) electrons. The number of hydrogen-bond donors (Lipinski definition) is 2. The molecule has 0 bridgehead atoms. The first-order chi connectivity index (χ1) is 14.5. The molecule has 0 aliphatic rings. The standard InChI is InChI=1S/C20H22FN5O3S/c1-13(19(27)23-11-14-5-3-4-6-17(14)28-2)30-20-25-24-18(26(20)22)12-29-16-9-7-15(21)8-10-16/h3-10,13H,11-12,22H2,1-2H3,(H,23,27). The van der Waals surface area contributed by atoms with Crippen molar-refractivity contribution in [3.05, 3.63) is 65.7 Å². The quantitative estimate of drug-likeness (QED) is 0.396.